The molecule has 28 heavy (non-hydrogen) atoms. The van der Waals surface area contributed by atoms with Gasteiger partial charge in [0, 0.05) is 11.8 Å². The Morgan fingerprint density at radius 2 is 1.79 bits per heavy atom. The summed E-state index contributed by atoms with van der Waals surface area (Å²) in [5.74, 6) is -0.196. The molecule has 1 aromatic heterocycles. The van der Waals surface area contributed by atoms with Gasteiger partial charge in [-0.2, -0.15) is 18.3 Å². The van der Waals surface area contributed by atoms with Crippen molar-refractivity contribution < 1.29 is 26.3 Å². The third-order valence-electron chi connectivity index (χ3n) is 4.51. The third kappa shape index (κ3) is 4.73. The van der Waals surface area contributed by atoms with Gasteiger partial charge in [-0.05, 0) is 43.4 Å². The van der Waals surface area contributed by atoms with E-state index >= 15 is 0 Å². The van der Waals surface area contributed by atoms with Crippen LogP contribution in [0.3, 0.4) is 0 Å². The van der Waals surface area contributed by atoms with Gasteiger partial charge < -0.3 is 4.74 Å². The first kappa shape index (κ1) is 20.4. The molecule has 6 nitrogen and oxygen atoms in total. The monoisotopic (exact) mass is 416 g/mol. The Balaban J connectivity index is 2.06. The van der Waals surface area contributed by atoms with Crippen molar-refractivity contribution in [2.24, 2.45) is 0 Å². The van der Waals surface area contributed by atoms with Gasteiger partial charge in [-0.3, -0.25) is 4.79 Å². The zero-order chi connectivity index (χ0) is 20.5. The summed E-state index contributed by atoms with van der Waals surface area (Å²) in [6.45, 7) is -1.51. The van der Waals surface area contributed by atoms with Crippen LogP contribution in [-0.2, 0) is 16.4 Å². The molecule has 1 aromatic carbocycles. The van der Waals surface area contributed by atoms with Crippen LogP contribution in [-0.4, -0.2) is 36.7 Å². The molecule has 0 saturated heterocycles. The molecule has 10 heteroatoms. The van der Waals surface area contributed by atoms with Crippen molar-refractivity contribution in [2.45, 2.75) is 49.4 Å². The van der Waals surface area contributed by atoms with Crippen molar-refractivity contribution >= 4 is 9.84 Å². The number of ether oxygens (including phenoxy) is 1. The number of benzene rings is 1. The van der Waals surface area contributed by atoms with E-state index in [0.717, 1.165) is 25.3 Å². The van der Waals surface area contributed by atoms with Gasteiger partial charge in [0.15, 0.2) is 15.6 Å². The Labute approximate surface area is 159 Å². The molecule has 0 atom stereocenters. The highest BCUT2D eigenvalue weighted by molar-refractivity contribution is 7.90. The lowest BCUT2D eigenvalue weighted by atomic mass is 10.1. The molecule has 1 aliphatic rings. The summed E-state index contributed by atoms with van der Waals surface area (Å²) in [6, 6.07) is 5.68. The van der Waals surface area contributed by atoms with E-state index in [2.05, 4.69) is 5.10 Å². The van der Waals surface area contributed by atoms with Gasteiger partial charge in [0.2, 0.25) is 0 Å². The van der Waals surface area contributed by atoms with Crippen LogP contribution in [0.15, 0.2) is 40.2 Å². The zero-order valence-electron chi connectivity index (χ0n) is 15.1. The van der Waals surface area contributed by atoms with Gasteiger partial charge in [-0.1, -0.05) is 12.1 Å². The van der Waals surface area contributed by atoms with Crippen LogP contribution in [0.25, 0.3) is 11.1 Å². The van der Waals surface area contributed by atoms with Crippen molar-refractivity contribution in [1.29, 1.82) is 0 Å². The lowest BCUT2D eigenvalue weighted by Gasteiger charge is -2.18. The van der Waals surface area contributed by atoms with Gasteiger partial charge in [0.1, 0.15) is 6.54 Å². The van der Waals surface area contributed by atoms with E-state index in [1.54, 1.807) is 0 Å². The zero-order valence-corrected chi connectivity index (χ0v) is 15.9. The van der Waals surface area contributed by atoms with E-state index in [1.807, 2.05) is 0 Å². The van der Waals surface area contributed by atoms with Crippen LogP contribution in [0.1, 0.15) is 25.7 Å². The maximum absolute atomic E-state index is 12.7. The first-order valence-electron chi connectivity index (χ1n) is 8.68. The SMILES string of the molecule is CS(=O)(=O)c1ccc(-c2cnn(CC(F)(F)F)c(=O)c2OC2CCCC2)cc1. The van der Waals surface area contributed by atoms with Crippen molar-refractivity contribution in [2.75, 3.05) is 6.26 Å². The molecular formula is C18H19F3N2O4S. The molecule has 0 bridgehead atoms. The molecule has 1 aliphatic carbocycles. The van der Waals surface area contributed by atoms with Crippen LogP contribution in [0.5, 0.6) is 5.75 Å². The highest BCUT2D eigenvalue weighted by Crippen LogP contribution is 2.31. The summed E-state index contributed by atoms with van der Waals surface area (Å²) in [4.78, 5) is 12.7. The predicted octanol–water partition coefficient (Wildman–Crippen LogP) is 3.20. The largest absolute Gasteiger partial charge is 0.484 e. The number of alkyl halides is 3. The summed E-state index contributed by atoms with van der Waals surface area (Å²) >= 11 is 0. The van der Waals surface area contributed by atoms with E-state index < -0.39 is 28.1 Å². The predicted molar refractivity (Wildman–Crippen MR) is 96.0 cm³/mol. The van der Waals surface area contributed by atoms with Gasteiger partial charge in [-0.25, -0.2) is 13.1 Å². The standard InChI is InChI=1S/C18H19F3N2O4S/c1-28(25,26)14-8-6-12(7-9-14)15-10-22-23(11-18(19,20)21)17(24)16(15)27-13-4-2-3-5-13/h6-10,13H,2-5,11H2,1H3. The third-order valence-corrected chi connectivity index (χ3v) is 5.64. The maximum Gasteiger partial charge on any atom is 0.408 e. The van der Waals surface area contributed by atoms with E-state index in [9.17, 15) is 26.4 Å². The van der Waals surface area contributed by atoms with Crippen LogP contribution in [0.4, 0.5) is 13.2 Å². The molecule has 1 heterocycles. The number of hydrogen-bond donors (Lipinski definition) is 0. The fourth-order valence-corrected chi connectivity index (χ4v) is 3.76. The van der Waals surface area contributed by atoms with Crippen molar-refractivity contribution in [3.8, 4) is 16.9 Å². The number of sulfone groups is 1. The minimum absolute atomic E-state index is 0.0906. The highest BCUT2D eigenvalue weighted by atomic mass is 32.2. The summed E-state index contributed by atoms with van der Waals surface area (Å²) in [6.07, 6.45) is 0.642. The number of halogens is 3. The molecular weight excluding hydrogens is 397 g/mol. The first-order chi connectivity index (χ1) is 13.0. The molecule has 0 radical (unpaired) electrons. The fraction of sp³-hybridized carbons (Fsp3) is 0.444. The van der Waals surface area contributed by atoms with Crippen LogP contribution < -0.4 is 10.3 Å². The summed E-state index contributed by atoms with van der Waals surface area (Å²) in [5.41, 5.74) is -0.298. The Bertz CT molecular complexity index is 1010. The fourth-order valence-electron chi connectivity index (χ4n) is 3.13. The van der Waals surface area contributed by atoms with E-state index in [-0.39, 0.29) is 22.3 Å². The lowest BCUT2D eigenvalue weighted by Crippen LogP contribution is -2.32. The smallest absolute Gasteiger partial charge is 0.408 e. The number of nitrogens with zero attached hydrogens (tertiary/aromatic N) is 2. The molecule has 1 saturated carbocycles. The average Bonchev–Trinajstić information content (AvgIpc) is 3.10. The quantitative estimate of drug-likeness (QED) is 0.748. The summed E-state index contributed by atoms with van der Waals surface area (Å²) in [5, 5.41) is 3.63. The van der Waals surface area contributed by atoms with E-state index in [4.69, 9.17) is 4.74 Å². The van der Waals surface area contributed by atoms with Crippen molar-refractivity contribution in [3.63, 3.8) is 0 Å². The van der Waals surface area contributed by atoms with Crippen molar-refractivity contribution in [1.82, 2.24) is 9.78 Å². The number of hydrogen-bond acceptors (Lipinski definition) is 5. The summed E-state index contributed by atoms with van der Waals surface area (Å²) < 4.78 is 67.6. The molecule has 0 spiro atoms. The molecule has 2 aromatic rings. The normalized spacial score (nSPS) is 15.7. The lowest BCUT2D eigenvalue weighted by molar-refractivity contribution is -0.143. The number of rotatable bonds is 5. The Kier molecular flexibility index (Phi) is 5.51. The van der Waals surface area contributed by atoms with Gasteiger partial charge in [0.25, 0.3) is 0 Å². The first-order valence-corrected chi connectivity index (χ1v) is 10.6. The number of aromatic nitrogens is 2. The second-order valence-electron chi connectivity index (χ2n) is 6.79. The second kappa shape index (κ2) is 7.57. The summed E-state index contributed by atoms with van der Waals surface area (Å²) in [7, 11) is -3.40. The Hall–Kier alpha value is -2.36. The van der Waals surface area contributed by atoms with Crippen LogP contribution in [0, 0.1) is 0 Å². The second-order valence-corrected chi connectivity index (χ2v) is 8.80. The molecule has 3 rings (SSSR count). The molecule has 1 fully saturated rings. The van der Waals surface area contributed by atoms with Gasteiger partial charge in [0.05, 0.1) is 17.2 Å². The van der Waals surface area contributed by atoms with E-state index in [1.165, 1.54) is 24.3 Å². The Morgan fingerprint density at radius 3 is 2.32 bits per heavy atom. The average molecular weight is 416 g/mol. The molecule has 0 unspecified atom stereocenters. The van der Waals surface area contributed by atoms with Crippen molar-refractivity contribution in [3.05, 3.63) is 40.8 Å². The molecule has 152 valence electrons. The van der Waals surface area contributed by atoms with Crippen LogP contribution in [0.2, 0.25) is 0 Å². The van der Waals surface area contributed by atoms with Gasteiger partial charge >= 0.3 is 11.7 Å². The molecule has 0 aliphatic heterocycles. The van der Waals surface area contributed by atoms with E-state index in [0.29, 0.717) is 23.1 Å². The maximum atomic E-state index is 12.7. The molecule has 0 N–H and O–H groups in total. The Morgan fingerprint density at radius 1 is 1.18 bits per heavy atom. The minimum atomic E-state index is -4.60. The minimum Gasteiger partial charge on any atom is -0.484 e. The topological polar surface area (TPSA) is 78.3 Å². The van der Waals surface area contributed by atoms with Gasteiger partial charge in [-0.15, -0.1) is 0 Å². The van der Waals surface area contributed by atoms with Crippen LogP contribution >= 0.6 is 0 Å². The highest BCUT2D eigenvalue weighted by Gasteiger charge is 2.31. The molecule has 0 amide bonds.